The summed E-state index contributed by atoms with van der Waals surface area (Å²) in [6.45, 7) is 1.32. The first-order chi connectivity index (χ1) is 12.7. The van der Waals surface area contributed by atoms with Crippen molar-refractivity contribution in [3.63, 3.8) is 0 Å². The molecule has 2 aromatic carbocycles. The Bertz CT molecular complexity index is 1000. The van der Waals surface area contributed by atoms with Crippen LogP contribution in [0.25, 0.3) is 22.0 Å². The van der Waals surface area contributed by atoms with Gasteiger partial charge in [-0.25, -0.2) is 4.39 Å². The average molecular weight is 352 g/mol. The lowest BCUT2D eigenvalue weighted by Crippen LogP contribution is -2.26. The number of aromatic amines is 1. The fourth-order valence-electron chi connectivity index (χ4n) is 3.16. The maximum atomic E-state index is 14.0. The van der Waals surface area contributed by atoms with E-state index in [1.54, 1.807) is 6.07 Å². The lowest BCUT2D eigenvalue weighted by atomic mass is 10.0. The lowest BCUT2D eigenvalue weighted by Gasteiger charge is -2.24. The van der Waals surface area contributed by atoms with Gasteiger partial charge in [-0.05, 0) is 35.4 Å². The predicted molar refractivity (Wildman–Crippen MR) is 95.1 cm³/mol. The largest absolute Gasteiger partial charge is 0.489 e. The molecule has 26 heavy (non-hydrogen) atoms. The summed E-state index contributed by atoms with van der Waals surface area (Å²) in [7, 11) is 0. The van der Waals surface area contributed by atoms with Crippen LogP contribution in [-0.4, -0.2) is 29.5 Å². The van der Waals surface area contributed by atoms with Gasteiger partial charge in [-0.1, -0.05) is 6.07 Å². The van der Waals surface area contributed by atoms with E-state index >= 15 is 0 Å². The van der Waals surface area contributed by atoms with Crippen molar-refractivity contribution in [2.24, 2.45) is 0 Å². The minimum absolute atomic E-state index is 0.0132. The van der Waals surface area contributed by atoms with Crippen molar-refractivity contribution in [1.29, 1.82) is 5.26 Å². The monoisotopic (exact) mass is 352 g/mol. The van der Waals surface area contributed by atoms with Gasteiger partial charge in [-0.2, -0.15) is 10.4 Å². The van der Waals surface area contributed by atoms with Gasteiger partial charge >= 0.3 is 0 Å². The zero-order chi connectivity index (χ0) is 18.1. The molecule has 0 atom stereocenters. The number of rotatable bonds is 3. The van der Waals surface area contributed by atoms with Crippen LogP contribution in [0.2, 0.25) is 0 Å². The fraction of sp³-hybridized carbons (Fsp3) is 0.263. The number of aromatic nitrogens is 2. The van der Waals surface area contributed by atoms with Crippen LogP contribution in [0.15, 0.2) is 30.3 Å². The summed E-state index contributed by atoms with van der Waals surface area (Å²) in [6.07, 6.45) is 1.64. The number of halogens is 1. The Labute approximate surface area is 149 Å². The van der Waals surface area contributed by atoms with Crippen LogP contribution in [0.1, 0.15) is 18.4 Å². The predicted octanol–water partition coefficient (Wildman–Crippen LogP) is 3.38. The van der Waals surface area contributed by atoms with Gasteiger partial charge in [0, 0.05) is 12.8 Å². The molecule has 1 fully saturated rings. The molecule has 132 valence electrons. The number of nitrogen functional groups attached to an aromatic ring is 1. The van der Waals surface area contributed by atoms with Gasteiger partial charge in [-0.15, -0.1) is 0 Å². The third-order valence-electron chi connectivity index (χ3n) is 4.54. The van der Waals surface area contributed by atoms with Gasteiger partial charge in [-0.3, -0.25) is 5.10 Å². The van der Waals surface area contributed by atoms with Crippen LogP contribution in [-0.2, 0) is 4.74 Å². The Kier molecular flexibility index (Phi) is 4.19. The van der Waals surface area contributed by atoms with Crippen LogP contribution in [0.5, 0.6) is 5.75 Å². The number of nitrogens with one attached hydrogen (secondary N) is 1. The molecule has 1 aromatic heterocycles. The topological polar surface area (TPSA) is 96.9 Å². The van der Waals surface area contributed by atoms with Gasteiger partial charge < -0.3 is 15.2 Å². The molecular weight excluding hydrogens is 335 g/mol. The number of anilines is 1. The number of fused-ring (bicyclic) bond motifs is 1. The van der Waals surface area contributed by atoms with Crippen molar-refractivity contribution < 1.29 is 13.9 Å². The van der Waals surface area contributed by atoms with E-state index in [-0.39, 0.29) is 11.7 Å². The Morgan fingerprint density at radius 1 is 1.23 bits per heavy atom. The minimum Gasteiger partial charge on any atom is -0.489 e. The van der Waals surface area contributed by atoms with Crippen LogP contribution in [0.4, 0.5) is 10.2 Å². The third-order valence-corrected chi connectivity index (χ3v) is 4.54. The van der Waals surface area contributed by atoms with E-state index in [1.807, 2.05) is 18.2 Å². The zero-order valence-corrected chi connectivity index (χ0v) is 14.0. The van der Waals surface area contributed by atoms with Gasteiger partial charge in [0.05, 0.1) is 29.7 Å². The molecule has 7 heteroatoms. The van der Waals surface area contributed by atoms with E-state index in [0.29, 0.717) is 41.2 Å². The maximum absolute atomic E-state index is 14.0. The summed E-state index contributed by atoms with van der Waals surface area (Å²) >= 11 is 0. The highest BCUT2D eigenvalue weighted by atomic mass is 19.1. The summed E-state index contributed by atoms with van der Waals surface area (Å²) in [6, 6.07) is 10.0. The average Bonchev–Trinajstić information content (AvgIpc) is 3.04. The number of nitrogens with zero attached hydrogens (tertiary/aromatic N) is 2. The maximum Gasteiger partial charge on any atom is 0.156 e. The number of hydrogen-bond donors (Lipinski definition) is 2. The van der Waals surface area contributed by atoms with Crippen LogP contribution in [0, 0.1) is 17.1 Å². The molecule has 1 saturated heterocycles. The number of nitrogens with two attached hydrogens (primary N) is 1. The van der Waals surface area contributed by atoms with Crippen LogP contribution >= 0.6 is 0 Å². The number of H-pyrrole nitrogens is 1. The van der Waals surface area contributed by atoms with E-state index in [9.17, 15) is 4.39 Å². The van der Waals surface area contributed by atoms with Crippen molar-refractivity contribution in [3.05, 3.63) is 41.7 Å². The Hall–Kier alpha value is -3.11. The summed E-state index contributed by atoms with van der Waals surface area (Å²) < 4.78 is 25.6. The molecule has 0 saturated carbocycles. The molecule has 0 spiro atoms. The SMILES string of the molecule is N#Cc1ccc(-c2cc(OC3CCOCC3)c3c(N)n[nH]c3c2)cc1F. The highest BCUT2D eigenvalue weighted by Crippen LogP contribution is 2.36. The van der Waals surface area contributed by atoms with E-state index in [4.69, 9.17) is 20.5 Å². The molecule has 0 amide bonds. The Balaban J connectivity index is 1.78. The molecule has 3 aromatic rings. The Morgan fingerprint density at radius 2 is 2.04 bits per heavy atom. The molecule has 2 heterocycles. The van der Waals surface area contributed by atoms with Crippen molar-refractivity contribution in [2.75, 3.05) is 18.9 Å². The van der Waals surface area contributed by atoms with Gasteiger partial charge in [0.1, 0.15) is 23.7 Å². The number of nitriles is 1. The second-order valence-electron chi connectivity index (χ2n) is 6.24. The molecule has 0 unspecified atom stereocenters. The van der Waals surface area contributed by atoms with Crippen molar-refractivity contribution in [2.45, 2.75) is 18.9 Å². The minimum atomic E-state index is -0.555. The van der Waals surface area contributed by atoms with Gasteiger partial charge in [0.15, 0.2) is 5.82 Å². The number of benzene rings is 2. The highest BCUT2D eigenvalue weighted by molar-refractivity contribution is 5.97. The molecular formula is C19H17FN4O2. The first-order valence-electron chi connectivity index (χ1n) is 8.37. The molecule has 4 rings (SSSR count). The molecule has 6 nitrogen and oxygen atoms in total. The molecule has 1 aliphatic heterocycles. The molecule has 3 N–H and O–H groups in total. The highest BCUT2D eigenvalue weighted by Gasteiger charge is 2.19. The van der Waals surface area contributed by atoms with E-state index < -0.39 is 5.82 Å². The summed E-state index contributed by atoms with van der Waals surface area (Å²) in [5, 5.41) is 16.6. The summed E-state index contributed by atoms with van der Waals surface area (Å²) in [5.74, 6) is 0.418. The standard InChI is InChI=1S/C19H17FN4O2/c20-15-7-11(1-2-12(15)10-21)13-8-16-18(19(22)24-23-16)17(9-13)26-14-3-5-25-6-4-14/h1-2,7-9,14H,3-6H2,(H3,22,23,24). The smallest absolute Gasteiger partial charge is 0.156 e. The van der Waals surface area contributed by atoms with Crippen LogP contribution in [0.3, 0.4) is 0 Å². The summed E-state index contributed by atoms with van der Waals surface area (Å²) in [4.78, 5) is 0. The normalized spacial score (nSPS) is 15.1. The molecule has 0 bridgehead atoms. The van der Waals surface area contributed by atoms with Gasteiger partial charge in [0.25, 0.3) is 0 Å². The van der Waals surface area contributed by atoms with Crippen molar-refractivity contribution >= 4 is 16.7 Å². The summed E-state index contributed by atoms with van der Waals surface area (Å²) in [5.41, 5.74) is 8.12. The quantitative estimate of drug-likeness (QED) is 0.753. The van der Waals surface area contributed by atoms with E-state index in [2.05, 4.69) is 10.2 Å². The second-order valence-corrected chi connectivity index (χ2v) is 6.24. The third kappa shape index (κ3) is 2.95. The van der Waals surface area contributed by atoms with E-state index in [0.717, 1.165) is 18.4 Å². The Morgan fingerprint density at radius 3 is 2.77 bits per heavy atom. The second kappa shape index (κ2) is 6.65. The molecule has 0 radical (unpaired) electrons. The first kappa shape index (κ1) is 16.4. The fourth-order valence-corrected chi connectivity index (χ4v) is 3.16. The van der Waals surface area contributed by atoms with E-state index in [1.165, 1.54) is 12.1 Å². The van der Waals surface area contributed by atoms with Crippen LogP contribution < -0.4 is 10.5 Å². The van der Waals surface area contributed by atoms with Gasteiger partial charge in [0.2, 0.25) is 0 Å². The lowest BCUT2D eigenvalue weighted by molar-refractivity contribution is 0.0262. The first-order valence-corrected chi connectivity index (χ1v) is 8.37. The number of hydrogen-bond acceptors (Lipinski definition) is 5. The van der Waals surface area contributed by atoms with Crippen molar-refractivity contribution in [3.8, 4) is 22.9 Å². The molecule has 1 aliphatic rings. The zero-order valence-electron chi connectivity index (χ0n) is 14.0. The molecule has 0 aliphatic carbocycles. The number of ether oxygens (including phenoxy) is 2. The van der Waals surface area contributed by atoms with Crippen molar-refractivity contribution in [1.82, 2.24) is 10.2 Å².